The van der Waals surface area contributed by atoms with E-state index in [0.29, 0.717) is 24.0 Å². The van der Waals surface area contributed by atoms with Crippen LogP contribution in [0.3, 0.4) is 0 Å². The minimum atomic E-state index is -4.49. The number of aromatic nitrogens is 3. The van der Waals surface area contributed by atoms with E-state index in [1.165, 1.54) is 0 Å². The molecule has 0 amide bonds. The zero-order chi connectivity index (χ0) is 13.8. The van der Waals surface area contributed by atoms with Crippen molar-refractivity contribution in [2.24, 2.45) is 11.5 Å². The summed E-state index contributed by atoms with van der Waals surface area (Å²) in [6, 6.07) is -0.710. The molecule has 0 spiro atoms. The van der Waals surface area contributed by atoms with Crippen LogP contribution in [0.1, 0.15) is 31.1 Å². The smallest absolute Gasteiger partial charge is 0.330 e. The highest BCUT2D eigenvalue weighted by atomic mass is 19.4. The first-order chi connectivity index (χ1) is 8.35. The predicted octanol–water partition coefficient (Wildman–Crippen LogP) is 0.262. The number of hydrogen-bond donors (Lipinski definition) is 3. The lowest BCUT2D eigenvalue weighted by Gasteiger charge is -2.13. The normalized spacial score (nSPS) is 13.8. The van der Waals surface area contributed by atoms with Crippen LogP contribution < -0.4 is 17.2 Å². The van der Waals surface area contributed by atoms with E-state index in [9.17, 15) is 18.0 Å². The van der Waals surface area contributed by atoms with Crippen molar-refractivity contribution in [3.63, 3.8) is 0 Å². The van der Waals surface area contributed by atoms with Crippen LogP contribution in [-0.4, -0.2) is 27.5 Å². The van der Waals surface area contributed by atoms with Gasteiger partial charge in [0.1, 0.15) is 6.54 Å². The van der Waals surface area contributed by atoms with Crippen LogP contribution >= 0.6 is 0 Å². The number of rotatable bonds is 6. The van der Waals surface area contributed by atoms with Gasteiger partial charge in [-0.15, -0.1) is 0 Å². The second-order valence-corrected chi connectivity index (χ2v) is 3.98. The molecule has 0 saturated carbocycles. The van der Waals surface area contributed by atoms with Crippen molar-refractivity contribution >= 4 is 0 Å². The molecule has 1 aromatic rings. The Balaban J connectivity index is 2.79. The summed E-state index contributed by atoms with van der Waals surface area (Å²) in [5.41, 5.74) is 10.1. The van der Waals surface area contributed by atoms with Gasteiger partial charge in [-0.1, -0.05) is 6.42 Å². The van der Waals surface area contributed by atoms with Gasteiger partial charge in [-0.3, -0.25) is 4.57 Å². The van der Waals surface area contributed by atoms with Crippen molar-refractivity contribution in [1.29, 1.82) is 0 Å². The predicted molar refractivity (Wildman–Crippen MR) is 58.7 cm³/mol. The lowest BCUT2D eigenvalue weighted by molar-refractivity contribution is -0.141. The Labute approximate surface area is 101 Å². The van der Waals surface area contributed by atoms with Crippen LogP contribution in [-0.2, 0) is 6.54 Å². The van der Waals surface area contributed by atoms with Gasteiger partial charge in [-0.2, -0.15) is 18.3 Å². The molecule has 0 aromatic carbocycles. The molecular formula is C9H16F3N5O. The van der Waals surface area contributed by atoms with Gasteiger partial charge in [0.2, 0.25) is 0 Å². The van der Waals surface area contributed by atoms with Crippen molar-refractivity contribution in [2.75, 3.05) is 6.54 Å². The van der Waals surface area contributed by atoms with Gasteiger partial charge in [-0.05, 0) is 19.4 Å². The summed E-state index contributed by atoms with van der Waals surface area (Å²) in [6.45, 7) is -0.898. The SMILES string of the molecule is NCCCC[C@H](N)c1n[nH]c(=O)n1CC(F)(F)F. The molecule has 1 atom stereocenters. The number of nitrogens with zero attached hydrogens (tertiary/aromatic N) is 2. The summed E-state index contributed by atoms with van der Waals surface area (Å²) in [6.07, 6.45) is -2.66. The van der Waals surface area contributed by atoms with E-state index >= 15 is 0 Å². The highest BCUT2D eigenvalue weighted by Crippen LogP contribution is 2.19. The van der Waals surface area contributed by atoms with Crippen LogP contribution in [0.4, 0.5) is 13.2 Å². The van der Waals surface area contributed by atoms with E-state index in [1.807, 2.05) is 5.10 Å². The third-order valence-electron chi connectivity index (χ3n) is 2.43. The van der Waals surface area contributed by atoms with Gasteiger partial charge >= 0.3 is 11.9 Å². The van der Waals surface area contributed by atoms with Gasteiger partial charge in [0, 0.05) is 0 Å². The monoisotopic (exact) mass is 267 g/mol. The molecule has 0 aliphatic carbocycles. The minimum Gasteiger partial charge on any atom is -0.330 e. The van der Waals surface area contributed by atoms with Crippen molar-refractivity contribution in [1.82, 2.24) is 14.8 Å². The second kappa shape index (κ2) is 6.01. The highest BCUT2D eigenvalue weighted by Gasteiger charge is 2.31. The van der Waals surface area contributed by atoms with E-state index in [1.54, 1.807) is 0 Å². The Morgan fingerprint density at radius 1 is 1.39 bits per heavy atom. The Morgan fingerprint density at radius 2 is 2.06 bits per heavy atom. The molecule has 0 fully saturated rings. The molecule has 1 aromatic heterocycles. The Morgan fingerprint density at radius 3 is 2.61 bits per heavy atom. The number of alkyl halides is 3. The van der Waals surface area contributed by atoms with Crippen LogP contribution in [0.15, 0.2) is 4.79 Å². The molecule has 0 radical (unpaired) electrons. The van der Waals surface area contributed by atoms with Crippen molar-refractivity contribution in [3.05, 3.63) is 16.3 Å². The Bertz CT molecular complexity index is 425. The molecule has 0 bridgehead atoms. The Hall–Kier alpha value is -1.35. The van der Waals surface area contributed by atoms with Crippen LogP contribution in [0.25, 0.3) is 0 Å². The minimum absolute atomic E-state index is 0.0747. The average molecular weight is 267 g/mol. The molecule has 0 aliphatic rings. The molecule has 5 N–H and O–H groups in total. The fourth-order valence-electron chi connectivity index (χ4n) is 1.58. The van der Waals surface area contributed by atoms with Gasteiger partial charge in [-0.25, -0.2) is 9.89 Å². The van der Waals surface area contributed by atoms with Gasteiger partial charge in [0.25, 0.3) is 0 Å². The number of H-pyrrole nitrogens is 1. The molecule has 0 unspecified atom stereocenters. The van der Waals surface area contributed by atoms with E-state index in [2.05, 4.69) is 5.10 Å². The number of nitrogens with one attached hydrogen (secondary N) is 1. The lowest BCUT2D eigenvalue weighted by Crippen LogP contribution is -2.30. The molecule has 1 heterocycles. The standard InChI is InChI=1S/C9H16F3N5O/c10-9(11,12)5-17-7(15-16-8(17)18)6(14)3-1-2-4-13/h6H,1-5,13-14H2,(H,16,18)/t6-/m0/s1. The fourth-order valence-corrected chi connectivity index (χ4v) is 1.58. The summed E-state index contributed by atoms with van der Waals surface area (Å²) in [5, 5.41) is 5.53. The summed E-state index contributed by atoms with van der Waals surface area (Å²) in [5.74, 6) is -0.0747. The molecule has 6 nitrogen and oxygen atoms in total. The first-order valence-electron chi connectivity index (χ1n) is 5.52. The largest absolute Gasteiger partial charge is 0.406 e. The number of nitrogens with two attached hydrogens (primary N) is 2. The van der Waals surface area contributed by atoms with Crippen molar-refractivity contribution in [3.8, 4) is 0 Å². The van der Waals surface area contributed by atoms with Gasteiger partial charge < -0.3 is 11.5 Å². The zero-order valence-corrected chi connectivity index (χ0v) is 9.70. The molecular weight excluding hydrogens is 251 g/mol. The fraction of sp³-hybridized carbons (Fsp3) is 0.778. The third kappa shape index (κ3) is 4.15. The van der Waals surface area contributed by atoms with Crippen LogP contribution in [0.5, 0.6) is 0 Å². The first kappa shape index (κ1) is 14.7. The summed E-state index contributed by atoms with van der Waals surface area (Å²) >= 11 is 0. The van der Waals surface area contributed by atoms with Crippen LogP contribution in [0.2, 0.25) is 0 Å². The van der Waals surface area contributed by atoms with Crippen LogP contribution in [0, 0.1) is 0 Å². The zero-order valence-electron chi connectivity index (χ0n) is 9.70. The molecule has 9 heteroatoms. The first-order valence-corrected chi connectivity index (χ1v) is 5.52. The maximum Gasteiger partial charge on any atom is 0.406 e. The maximum absolute atomic E-state index is 12.3. The number of aromatic amines is 1. The molecule has 0 aliphatic heterocycles. The van der Waals surface area contributed by atoms with Crippen molar-refractivity contribution < 1.29 is 13.2 Å². The number of unbranched alkanes of at least 4 members (excludes halogenated alkanes) is 1. The highest BCUT2D eigenvalue weighted by molar-refractivity contribution is 4.94. The quantitative estimate of drug-likeness (QED) is 0.643. The molecule has 104 valence electrons. The van der Waals surface area contributed by atoms with E-state index in [-0.39, 0.29) is 5.82 Å². The van der Waals surface area contributed by atoms with E-state index in [0.717, 1.165) is 6.42 Å². The van der Waals surface area contributed by atoms with Gasteiger partial charge in [0.05, 0.1) is 6.04 Å². The maximum atomic E-state index is 12.3. The molecule has 0 saturated heterocycles. The average Bonchev–Trinajstić information content (AvgIpc) is 2.59. The lowest BCUT2D eigenvalue weighted by atomic mass is 10.1. The number of hydrogen-bond acceptors (Lipinski definition) is 4. The third-order valence-corrected chi connectivity index (χ3v) is 2.43. The van der Waals surface area contributed by atoms with Gasteiger partial charge in [0.15, 0.2) is 5.82 Å². The van der Waals surface area contributed by atoms with Crippen molar-refractivity contribution in [2.45, 2.75) is 38.0 Å². The topological polar surface area (TPSA) is 103 Å². The number of halogens is 3. The molecule has 18 heavy (non-hydrogen) atoms. The summed E-state index contributed by atoms with van der Waals surface area (Å²) in [4.78, 5) is 11.2. The molecule has 1 rings (SSSR count). The summed E-state index contributed by atoms with van der Waals surface area (Å²) < 4.78 is 37.4. The second-order valence-electron chi connectivity index (χ2n) is 3.98. The van der Waals surface area contributed by atoms with E-state index < -0.39 is 24.5 Å². The summed E-state index contributed by atoms with van der Waals surface area (Å²) in [7, 11) is 0. The Kier molecular flexibility index (Phi) is 4.91. The van der Waals surface area contributed by atoms with E-state index in [4.69, 9.17) is 11.5 Å².